The molecule has 2 heteroatoms. The van der Waals surface area contributed by atoms with Gasteiger partial charge in [-0.25, -0.2) is 0 Å². The van der Waals surface area contributed by atoms with Gasteiger partial charge >= 0.3 is 0 Å². The summed E-state index contributed by atoms with van der Waals surface area (Å²) in [5.74, 6) is 0. The maximum absolute atomic E-state index is 4.46. The van der Waals surface area contributed by atoms with Gasteiger partial charge in [-0.15, -0.1) is 0 Å². The van der Waals surface area contributed by atoms with Crippen molar-refractivity contribution in [2.75, 3.05) is 0 Å². The van der Waals surface area contributed by atoms with E-state index in [0.29, 0.717) is 12.1 Å². The zero-order valence-electron chi connectivity index (χ0n) is 13.1. The van der Waals surface area contributed by atoms with Gasteiger partial charge < -0.3 is 0 Å². The van der Waals surface area contributed by atoms with Gasteiger partial charge in [0, 0.05) is 30.5 Å². The van der Waals surface area contributed by atoms with Gasteiger partial charge in [0.25, 0.3) is 0 Å². The molecule has 4 rings (SSSR count). The second-order valence-corrected chi connectivity index (χ2v) is 6.54. The van der Waals surface area contributed by atoms with E-state index in [1.54, 1.807) is 0 Å². The predicted molar refractivity (Wildman–Crippen MR) is 90.4 cm³/mol. The van der Waals surface area contributed by atoms with E-state index in [-0.39, 0.29) is 0 Å². The molecule has 0 aliphatic carbocycles. The number of pyridine rings is 1. The van der Waals surface area contributed by atoms with E-state index in [4.69, 9.17) is 0 Å². The average Bonchev–Trinajstić information content (AvgIpc) is 2.79. The van der Waals surface area contributed by atoms with Gasteiger partial charge in [-0.1, -0.05) is 42.5 Å². The van der Waals surface area contributed by atoms with Gasteiger partial charge in [0.2, 0.25) is 0 Å². The Morgan fingerprint density at radius 3 is 2.68 bits per heavy atom. The number of rotatable bonds is 3. The molecule has 0 N–H and O–H groups in total. The van der Waals surface area contributed by atoms with Gasteiger partial charge in [0.1, 0.15) is 0 Å². The summed E-state index contributed by atoms with van der Waals surface area (Å²) in [5, 5.41) is 0. The molecule has 1 saturated heterocycles. The van der Waals surface area contributed by atoms with Crippen molar-refractivity contribution in [3.8, 4) is 0 Å². The molecule has 0 saturated carbocycles. The molecule has 2 aliphatic heterocycles. The van der Waals surface area contributed by atoms with Crippen LogP contribution in [0.1, 0.15) is 36.1 Å². The van der Waals surface area contributed by atoms with Crippen LogP contribution in [0.3, 0.4) is 0 Å². The highest BCUT2D eigenvalue weighted by atomic mass is 15.2. The number of fused-ring (bicyclic) bond motifs is 2. The lowest BCUT2D eigenvalue weighted by Crippen LogP contribution is -2.37. The first-order chi connectivity index (χ1) is 10.8. The third-order valence-electron chi connectivity index (χ3n) is 5.03. The summed E-state index contributed by atoms with van der Waals surface area (Å²) >= 11 is 0. The zero-order chi connectivity index (χ0) is 14.9. The third-order valence-corrected chi connectivity index (χ3v) is 5.03. The Morgan fingerprint density at radius 2 is 1.95 bits per heavy atom. The van der Waals surface area contributed by atoms with Crippen molar-refractivity contribution in [3.63, 3.8) is 0 Å². The van der Waals surface area contributed by atoms with Crippen molar-refractivity contribution in [2.45, 2.75) is 44.8 Å². The molecule has 2 aromatic rings. The minimum absolute atomic E-state index is 0.593. The summed E-state index contributed by atoms with van der Waals surface area (Å²) < 4.78 is 0. The van der Waals surface area contributed by atoms with Gasteiger partial charge in [-0.05, 0) is 49.0 Å². The summed E-state index contributed by atoms with van der Waals surface area (Å²) in [4.78, 5) is 7.14. The topological polar surface area (TPSA) is 16.1 Å². The molecule has 2 unspecified atom stereocenters. The Balaban J connectivity index is 1.56. The lowest BCUT2D eigenvalue weighted by Gasteiger charge is -2.34. The molecule has 2 nitrogen and oxygen atoms in total. The Kier molecular flexibility index (Phi) is 3.55. The number of nitrogens with zero attached hydrogens (tertiary/aromatic N) is 2. The first-order valence-electron chi connectivity index (χ1n) is 8.23. The molecule has 112 valence electrons. The summed E-state index contributed by atoms with van der Waals surface area (Å²) in [6.07, 6.45) is 8.29. The fraction of sp³-hybridized carbons (Fsp3) is 0.350. The highest BCUT2D eigenvalue weighted by molar-refractivity contribution is 5.67. The zero-order valence-corrected chi connectivity index (χ0v) is 13.1. The summed E-state index contributed by atoms with van der Waals surface area (Å²) in [6, 6.07) is 16.5. The van der Waals surface area contributed by atoms with E-state index in [9.17, 15) is 0 Å². The first kappa shape index (κ1) is 13.7. The molecule has 1 aromatic carbocycles. The largest absolute Gasteiger partial charge is 0.289 e. The van der Waals surface area contributed by atoms with Gasteiger partial charge in [0.15, 0.2) is 0 Å². The van der Waals surface area contributed by atoms with Crippen molar-refractivity contribution in [1.29, 1.82) is 0 Å². The van der Waals surface area contributed by atoms with Crippen molar-refractivity contribution in [1.82, 2.24) is 9.88 Å². The normalized spacial score (nSPS) is 24.3. The predicted octanol–water partition coefficient (Wildman–Crippen LogP) is 4.21. The molecule has 0 spiro atoms. The average molecular weight is 290 g/mol. The standard InChI is InChI=1S/C20H22N2/c1-15-7-8-17(13-21-15)18-11-19-9-10-20(12-18)22(19)14-16-5-3-2-4-6-16/h2-8,11,13,19-20H,9-10,12,14H2,1H3. The molecule has 0 radical (unpaired) electrons. The third kappa shape index (κ3) is 2.59. The fourth-order valence-corrected chi connectivity index (χ4v) is 3.83. The lowest BCUT2D eigenvalue weighted by atomic mass is 9.95. The Hall–Kier alpha value is -1.93. The Bertz CT molecular complexity index is 673. The number of benzene rings is 1. The maximum atomic E-state index is 4.46. The Labute approximate surface area is 132 Å². The van der Waals surface area contributed by atoms with Crippen LogP contribution in [-0.4, -0.2) is 22.0 Å². The molecule has 1 aromatic heterocycles. The molecule has 2 atom stereocenters. The smallest absolute Gasteiger partial charge is 0.0373 e. The van der Waals surface area contributed by atoms with Crippen LogP contribution in [0, 0.1) is 6.92 Å². The molecular weight excluding hydrogens is 268 g/mol. The lowest BCUT2D eigenvalue weighted by molar-refractivity contribution is 0.203. The van der Waals surface area contributed by atoms with Crippen molar-refractivity contribution in [2.24, 2.45) is 0 Å². The van der Waals surface area contributed by atoms with Crippen molar-refractivity contribution in [3.05, 3.63) is 71.6 Å². The van der Waals surface area contributed by atoms with E-state index < -0.39 is 0 Å². The van der Waals surface area contributed by atoms with Crippen LogP contribution in [0.4, 0.5) is 0 Å². The van der Waals surface area contributed by atoms with E-state index >= 15 is 0 Å². The monoisotopic (exact) mass is 290 g/mol. The highest BCUT2D eigenvalue weighted by Gasteiger charge is 2.36. The van der Waals surface area contributed by atoms with E-state index in [1.165, 1.54) is 29.5 Å². The molecular formula is C20H22N2. The second kappa shape index (κ2) is 5.69. The van der Waals surface area contributed by atoms with Crippen LogP contribution < -0.4 is 0 Å². The van der Waals surface area contributed by atoms with Gasteiger partial charge in [-0.2, -0.15) is 0 Å². The van der Waals surface area contributed by atoms with E-state index in [2.05, 4.69) is 58.4 Å². The maximum Gasteiger partial charge on any atom is 0.0373 e. The molecule has 1 fully saturated rings. The number of aromatic nitrogens is 1. The van der Waals surface area contributed by atoms with Gasteiger partial charge in [0.05, 0.1) is 0 Å². The summed E-state index contributed by atoms with van der Waals surface area (Å²) in [6.45, 7) is 3.12. The molecule has 22 heavy (non-hydrogen) atoms. The van der Waals surface area contributed by atoms with E-state index in [0.717, 1.165) is 18.7 Å². The highest BCUT2D eigenvalue weighted by Crippen LogP contribution is 2.39. The molecule has 3 heterocycles. The SMILES string of the molecule is Cc1ccc(C2=CC3CCC(C2)N3Cc2ccccc2)cn1. The fourth-order valence-electron chi connectivity index (χ4n) is 3.83. The minimum Gasteiger partial charge on any atom is -0.289 e. The quantitative estimate of drug-likeness (QED) is 0.842. The summed E-state index contributed by atoms with van der Waals surface area (Å²) in [5.41, 5.74) is 5.31. The van der Waals surface area contributed by atoms with Crippen molar-refractivity contribution >= 4 is 5.57 Å². The van der Waals surface area contributed by atoms with Crippen molar-refractivity contribution < 1.29 is 0 Å². The van der Waals surface area contributed by atoms with Crippen LogP contribution in [0.15, 0.2) is 54.7 Å². The Morgan fingerprint density at radius 1 is 1.09 bits per heavy atom. The van der Waals surface area contributed by atoms with Crippen LogP contribution in [-0.2, 0) is 6.54 Å². The van der Waals surface area contributed by atoms with E-state index in [1.807, 2.05) is 13.1 Å². The van der Waals surface area contributed by atoms with Gasteiger partial charge in [-0.3, -0.25) is 9.88 Å². The van der Waals surface area contributed by atoms with Crippen LogP contribution >= 0.6 is 0 Å². The second-order valence-electron chi connectivity index (χ2n) is 6.54. The molecule has 2 bridgehead atoms. The summed E-state index contributed by atoms with van der Waals surface area (Å²) in [7, 11) is 0. The number of aryl methyl sites for hydroxylation is 1. The molecule has 2 aliphatic rings. The minimum atomic E-state index is 0.593. The number of hydrogen-bond donors (Lipinski definition) is 0. The van der Waals surface area contributed by atoms with Crippen LogP contribution in [0.2, 0.25) is 0 Å². The first-order valence-corrected chi connectivity index (χ1v) is 8.23. The number of hydrogen-bond acceptors (Lipinski definition) is 2. The molecule has 0 amide bonds. The van der Waals surface area contributed by atoms with Crippen LogP contribution in [0.25, 0.3) is 5.57 Å². The van der Waals surface area contributed by atoms with Crippen LogP contribution in [0.5, 0.6) is 0 Å².